The molecular formula is C7H5BrN2O2. The van der Waals surface area contributed by atoms with E-state index in [-0.39, 0.29) is 12.5 Å². The zero-order valence-corrected chi connectivity index (χ0v) is 7.59. The molecule has 2 heterocycles. The van der Waals surface area contributed by atoms with Crippen molar-refractivity contribution in [3.63, 3.8) is 0 Å². The van der Waals surface area contributed by atoms with E-state index in [1.54, 1.807) is 12.3 Å². The first-order valence-corrected chi connectivity index (χ1v) is 4.13. The fourth-order valence-corrected chi connectivity index (χ4v) is 1.27. The molecule has 2 rings (SSSR count). The van der Waals surface area contributed by atoms with E-state index in [1.807, 2.05) is 0 Å². The van der Waals surface area contributed by atoms with Crippen LogP contribution in [0.1, 0.15) is 0 Å². The SMILES string of the molecule is O=C1COc2cc(Br)ncc2N1. The Hall–Kier alpha value is -1.10. The Morgan fingerprint density at radius 2 is 2.50 bits per heavy atom. The largest absolute Gasteiger partial charge is 0.481 e. The summed E-state index contributed by atoms with van der Waals surface area (Å²) in [5.41, 5.74) is 0.620. The zero-order valence-electron chi connectivity index (χ0n) is 6.00. The van der Waals surface area contributed by atoms with Crippen LogP contribution in [-0.4, -0.2) is 17.5 Å². The van der Waals surface area contributed by atoms with Crippen LogP contribution in [0.4, 0.5) is 5.69 Å². The summed E-state index contributed by atoms with van der Waals surface area (Å²) >= 11 is 3.20. The number of hydrogen-bond donors (Lipinski definition) is 1. The van der Waals surface area contributed by atoms with Crippen LogP contribution in [0, 0.1) is 0 Å². The number of hydrogen-bond acceptors (Lipinski definition) is 3. The maximum absolute atomic E-state index is 10.8. The van der Waals surface area contributed by atoms with Crippen LogP contribution in [-0.2, 0) is 4.79 Å². The van der Waals surface area contributed by atoms with E-state index in [4.69, 9.17) is 4.74 Å². The lowest BCUT2D eigenvalue weighted by molar-refractivity contribution is -0.118. The molecule has 1 aliphatic rings. The van der Waals surface area contributed by atoms with Gasteiger partial charge in [0.1, 0.15) is 16.0 Å². The quantitative estimate of drug-likeness (QED) is 0.679. The number of amides is 1. The Labute approximate surface area is 77.1 Å². The standard InChI is InChI=1S/C7H5BrN2O2/c8-6-1-5-4(2-9-6)10-7(11)3-12-5/h1-2H,3H2,(H,10,11). The van der Waals surface area contributed by atoms with Crippen LogP contribution in [0.3, 0.4) is 0 Å². The van der Waals surface area contributed by atoms with Gasteiger partial charge >= 0.3 is 0 Å². The highest BCUT2D eigenvalue weighted by Gasteiger charge is 2.15. The lowest BCUT2D eigenvalue weighted by Gasteiger charge is -2.16. The van der Waals surface area contributed by atoms with E-state index in [0.717, 1.165) is 0 Å². The van der Waals surface area contributed by atoms with Crippen LogP contribution >= 0.6 is 15.9 Å². The minimum absolute atomic E-state index is 0.0729. The Morgan fingerprint density at radius 1 is 1.67 bits per heavy atom. The van der Waals surface area contributed by atoms with E-state index in [9.17, 15) is 4.79 Å². The first-order valence-electron chi connectivity index (χ1n) is 3.34. The summed E-state index contributed by atoms with van der Waals surface area (Å²) in [6, 6.07) is 1.72. The predicted molar refractivity (Wildman–Crippen MR) is 46.1 cm³/mol. The van der Waals surface area contributed by atoms with Crippen molar-refractivity contribution in [3.8, 4) is 5.75 Å². The molecule has 0 saturated heterocycles. The van der Waals surface area contributed by atoms with Crippen LogP contribution < -0.4 is 10.1 Å². The molecule has 1 N–H and O–H groups in total. The highest BCUT2D eigenvalue weighted by molar-refractivity contribution is 9.10. The number of carbonyl (C=O) groups excluding carboxylic acids is 1. The molecule has 1 aromatic rings. The summed E-state index contributed by atoms with van der Waals surface area (Å²) in [5, 5.41) is 2.64. The molecule has 5 heteroatoms. The van der Waals surface area contributed by atoms with Crippen molar-refractivity contribution in [1.29, 1.82) is 0 Å². The molecule has 0 spiro atoms. The monoisotopic (exact) mass is 228 g/mol. The van der Waals surface area contributed by atoms with Crippen molar-refractivity contribution >= 4 is 27.5 Å². The minimum Gasteiger partial charge on any atom is -0.481 e. The number of pyridine rings is 1. The normalized spacial score (nSPS) is 14.6. The molecule has 12 heavy (non-hydrogen) atoms. The number of fused-ring (bicyclic) bond motifs is 1. The van der Waals surface area contributed by atoms with Gasteiger partial charge in [0.05, 0.1) is 6.20 Å². The van der Waals surface area contributed by atoms with Gasteiger partial charge in [0.15, 0.2) is 6.61 Å². The summed E-state index contributed by atoms with van der Waals surface area (Å²) in [6.45, 7) is 0.0729. The van der Waals surface area contributed by atoms with Gasteiger partial charge in [-0.05, 0) is 15.9 Å². The molecule has 0 aromatic carbocycles. The summed E-state index contributed by atoms with van der Waals surface area (Å²) in [4.78, 5) is 14.8. The van der Waals surface area contributed by atoms with Crippen molar-refractivity contribution in [2.45, 2.75) is 0 Å². The number of halogens is 1. The number of anilines is 1. The molecule has 1 aliphatic heterocycles. The number of carbonyl (C=O) groups is 1. The van der Waals surface area contributed by atoms with Crippen LogP contribution in [0.2, 0.25) is 0 Å². The third-order valence-electron chi connectivity index (χ3n) is 1.47. The van der Waals surface area contributed by atoms with Gasteiger partial charge < -0.3 is 10.1 Å². The molecule has 62 valence electrons. The fraction of sp³-hybridized carbons (Fsp3) is 0.143. The van der Waals surface area contributed by atoms with Crippen molar-refractivity contribution in [2.24, 2.45) is 0 Å². The Bertz CT molecular complexity index is 340. The zero-order chi connectivity index (χ0) is 8.55. The molecule has 0 radical (unpaired) electrons. The van der Waals surface area contributed by atoms with Crippen LogP contribution in [0.5, 0.6) is 5.75 Å². The second-order valence-electron chi connectivity index (χ2n) is 2.34. The lowest BCUT2D eigenvalue weighted by atomic mass is 10.3. The average molecular weight is 229 g/mol. The van der Waals surface area contributed by atoms with Crippen molar-refractivity contribution in [1.82, 2.24) is 4.98 Å². The second-order valence-corrected chi connectivity index (χ2v) is 3.15. The average Bonchev–Trinajstić information content (AvgIpc) is 2.05. The first kappa shape index (κ1) is 7.54. The lowest BCUT2D eigenvalue weighted by Crippen LogP contribution is -2.25. The number of aromatic nitrogens is 1. The van der Waals surface area contributed by atoms with Crippen molar-refractivity contribution in [2.75, 3.05) is 11.9 Å². The number of rotatable bonds is 0. The topological polar surface area (TPSA) is 51.2 Å². The molecule has 1 amide bonds. The molecule has 0 atom stereocenters. The summed E-state index contributed by atoms with van der Waals surface area (Å²) < 4.78 is 5.83. The third-order valence-corrected chi connectivity index (χ3v) is 1.90. The molecule has 0 unspecified atom stereocenters. The number of ether oxygens (including phenoxy) is 1. The molecule has 4 nitrogen and oxygen atoms in total. The number of nitrogens with zero attached hydrogens (tertiary/aromatic N) is 1. The molecule has 1 aromatic heterocycles. The van der Waals surface area contributed by atoms with E-state index in [2.05, 4.69) is 26.2 Å². The Morgan fingerprint density at radius 3 is 3.33 bits per heavy atom. The number of nitrogens with one attached hydrogen (secondary N) is 1. The van der Waals surface area contributed by atoms with Gasteiger partial charge in [-0.2, -0.15) is 0 Å². The van der Waals surface area contributed by atoms with E-state index < -0.39 is 0 Å². The van der Waals surface area contributed by atoms with Crippen molar-refractivity contribution < 1.29 is 9.53 Å². The molecule has 0 aliphatic carbocycles. The van der Waals surface area contributed by atoms with Gasteiger partial charge in [-0.3, -0.25) is 4.79 Å². The minimum atomic E-state index is -0.147. The maximum atomic E-state index is 10.8. The van der Waals surface area contributed by atoms with E-state index in [1.165, 1.54) is 0 Å². The van der Waals surface area contributed by atoms with Gasteiger partial charge in [-0.25, -0.2) is 4.98 Å². The highest BCUT2D eigenvalue weighted by Crippen LogP contribution is 2.28. The van der Waals surface area contributed by atoms with Crippen LogP contribution in [0.25, 0.3) is 0 Å². The highest BCUT2D eigenvalue weighted by atomic mass is 79.9. The second kappa shape index (κ2) is 2.75. The smallest absolute Gasteiger partial charge is 0.262 e. The summed E-state index contributed by atoms with van der Waals surface area (Å²) in [5.74, 6) is 0.503. The van der Waals surface area contributed by atoms with Gasteiger partial charge in [0, 0.05) is 6.07 Å². The van der Waals surface area contributed by atoms with Crippen molar-refractivity contribution in [3.05, 3.63) is 16.9 Å². The predicted octanol–water partition coefficient (Wildman–Crippen LogP) is 1.17. The molecular weight excluding hydrogens is 224 g/mol. The summed E-state index contributed by atoms with van der Waals surface area (Å²) in [6.07, 6.45) is 1.55. The Kier molecular flexibility index (Phi) is 1.73. The van der Waals surface area contributed by atoms with Gasteiger partial charge in [0.25, 0.3) is 5.91 Å². The third kappa shape index (κ3) is 1.27. The molecule has 0 fully saturated rings. The van der Waals surface area contributed by atoms with E-state index in [0.29, 0.717) is 16.0 Å². The molecule has 0 bridgehead atoms. The maximum Gasteiger partial charge on any atom is 0.262 e. The van der Waals surface area contributed by atoms with Gasteiger partial charge in [-0.1, -0.05) is 0 Å². The van der Waals surface area contributed by atoms with Gasteiger partial charge in [-0.15, -0.1) is 0 Å². The Balaban J connectivity index is 2.43. The van der Waals surface area contributed by atoms with Gasteiger partial charge in [0.2, 0.25) is 0 Å². The van der Waals surface area contributed by atoms with E-state index >= 15 is 0 Å². The first-order chi connectivity index (χ1) is 5.75. The molecule has 0 saturated carbocycles. The fourth-order valence-electron chi connectivity index (χ4n) is 0.956. The van der Waals surface area contributed by atoms with Crippen LogP contribution in [0.15, 0.2) is 16.9 Å². The summed E-state index contributed by atoms with van der Waals surface area (Å²) in [7, 11) is 0.